The van der Waals surface area contributed by atoms with Gasteiger partial charge in [-0.25, -0.2) is 0 Å². The lowest BCUT2D eigenvalue weighted by Crippen LogP contribution is -2.35. The summed E-state index contributed by atoms with van der Waals surface area (Å²) < 4.78 is 0. The van der Waals surface area contributed by atoms with E-state index in [1.807, 2.05) is 47.5 Å². The van der Waals surface area contributed by atoms with Crippen molar-refractivity contribution in [2.45, 2.75) is 19.4 Å². The number of hydrogen-bond donors (Lipinski definition) is 1. The van der Waals surface area contributed by atoms with Gasteiger partial charge < -0.3 is 10.2 Å². The molecule has 0 saturated heterocycles. The average Bonchev–Trinajstić information content (AvgIpc) is 2.72. The van der Waals surface area contributed by atoms with Gasteiger partial charge in [0.05, 0.1) is 11.3 Å². The van der Waals surface area contributed by atoms with Crippen LogP contribution in [0.15, 0.2) is 67.3 Å². The maximum absolute atomic E-state index is 13.0. The fourth-order valence-electron chi connectivity index (χ4n) is 3.26. The number of aryl methyl sites for hydroxylation is 1. The highest BCUT2D eigenvalue weighted by molar-refractivity contribution is 6.07. The summed E-state index contributed by atoms with van der Waals surface area (Å²) >= 11 is 0. The van der Waals surface area contributed by atoms with E-state index in [2.05, 4.69) is 21.4 Å². The topological polar surface area (TPSA) is 58.1 Å². The van der Waals surface area contributed by atoms with E-state index < -0.39 is 0 Å². The third-order valence-electron chi connectivity index (χ3n) is 4.56. The Hall–Kier alpha value is -3.21. The van der Waals surface area contributed by atoms with Crippen molar-refractivity contribution in [3.8, 4) is 0 Å². The van der Waals surface area contributed by atoms with Gasteiger partial charge in [0.2, 0.25) is 0 Å². The summed E-state index contributed by atoms with van der Waals surface area (Å²) in [5, 5.41) is 3.31. The van der Waals surface area contributed by atoms with Gasteiger partial charge in [-0.1, -0.05) is 24.3 Å². The number of amides is 1. The van der Waals surface area contributed by atoms with Gasteiger partial charge in [0.1, 0.15) is 0 Å². The Balaban J connectivity index is 1.52. The maximum atomic E-state index is 13.0. The van der Waals surface area contributed by atoms with E-state index in [9.17, 15) is 4.79 Å². The number of rotatable bonds is 4. The van der Waals surface area contributed by atoms with Crippen LogP contribution in [0, 0.1) is 0 Å². The highest BCUT2D eigenvalue weighted by Gasteiger charge is 2.23. The lowest BCUT2D eigenvalue weighted by molar-refractivity contribution is 0.0985. The Morgan fingerprint density at radius 2 is 2.00 bits per heavy atom. The molecule has 0 radical (unpaired) electrons. The molecule has 5 heteroatoms. The van der Waals surface area contributed by atoms with E-state index in [1.165, 1.54) is 5.56 Å². The summed E-state index contributed by atoms with van der Waals surface area (Å²) in [4.78, 5) is 23.3. The molecule has 3 heterocycles. The smallest absolute Gasteiger partial charge is 0.259 e. The van der Waals surface area contributed by atoms with Gasteiger partial charge in [0, 0.05) is 43.6 Å². The summed E-state index contributed by atoms with van der Waals surface area (Å²) in [5.74, 6) is -0.00493. The van der Waals surface area contributed by atoms with E-state index in [4.69, 9.17) is 0 Å². The zero-order valence-corrected chi connectivity index (χ0v) is 14.4. The van der Waals surface area contributed by atoms with Gasteiger partial charge in [0.15, 0.2) is 0 Å². The van der Waals surface area contributed by atoms with E-state index in [0.717, 1.165) is 36.3 Å². The van der Waals surface area contributed by atoms with Gasteiger partial charge in [-0.15, -0.1) is 0 Å². The van der Waals surface area contributed by atoms with E-state index in [-0.39, 0.29) is 5.91 Å². The third-order valence-corrected chi connectivity index (χ3v) is 4.56. The second-order valence-electron chi connectivity index (χ2n) is 6.37. The van der Waals surface area contributed by atoms with Gasteiger partial charge in [-0.2, -0.15) is 0 Å². The number of carbonyl (C=O) groups excluding carboxylic acids is 1. The van der Waals surface area contributed by atoms with Gasteiger partial charge >= 0.3 is 0 Å². The Kier molecular flexibility index (Phi) is 4.60. The molecule has 1 aliphatic rings. The first-order chi connectivity index (χ1) is 12.8. The predicted molar refractivity (Wildman–Crippen MR) is 102 cm³/mol. The molecule has 1 amide bonds. The van der Waals surface area contributed by atoms with Crippen LogP contribution in [0.25, 0.3) is 0 Å². The van der Waals surface area contributed by atoms with Crippen LogP contribution in [0.1, 0.15) is 27.9 Å². The predicted octanol–water partition coefficient (Wildman–Crippen LogP) is 3.68. The number of para-hydroxylation sites is 1. The summed E-state index contributed by atoms with van der Waals surface area (Å²) in [5.41, 5.74) is 4.74. The molecule has 1 aliphatic heterocycles. The summed E-state index contributed by atoms with van der Waals surface area (Å²) in [6.07, 6.45) is 8.94. The number of pyridine rings is 2. The van der Waals surface area contributed by atoms with Crippen LogP contribution < -0.4 is 10.2 Å². The summed E-state index contributed by atoms with van der Waals surface area (Å²) in [7, 11) is 0. The highest BCUT2D eigenvalue weighted by atomic mass is 16.2. The van der Waals surface area contributed by atoms with E-state index >= 15 is 0 Å². The van der Waals surface area contributed by atoms with E-state index in [0.29, 0.717) is 12.1 Å². The molecule has 3 aromatic rings. The molecule has 1 N–H and O–H groups in total. The monoisotopic (exact) mass is 344 g/mol. The first kappa shape index (κ1) is 16.3. The zero-order valence-electron chi connectivity index (χ0n) is 14.4. The Bertz CT molecular complexity index is 911. The van der Waals surface area contributed by atoms with Crippen LogP contribution in [0.4, 0.5) is 11.4 Å². The van der Waals surface area contributed by atoms with Crippen molar-refractivity contribution in [1.29, 1.82) is 0 Å². The molecule has 0 saturated carbocycles. The number of fused-ring (bicyclic) bond motifs is 1. The van der Waals surface area contributed by atoms with Crippen molar-refractivity contribution in [2.24, 2.45) is 0 Å². The first-order valence-electron chi connectivity index (χ1n) is 8.79. The molecular formula is C21H20N4O. The molecule has 0 bridgehead atoms. The van der Waals surface area contributed by atoms with Crippen LogP contribution in [0.3, 0.4) is 0 Å². The number of nitrogens with zero attached hydrogens (tertiary/aromatic N) is 3. The molecule has 0 aliphatic carbocycles. The SMILES string of the molecule is O=C(c1cncc(NCc2cccnc2)c1)N1CCCc2ccccc21. The Morgan fingerprint density at radius 1 is 1.08 bits per heavy atom. The van der Waals surface area contributed by atoms with E-state index in [1.54, 1.807) is 18.6 Å². The van der Waals surface area contributed by atoms with Crippen LogP contribution in [-0.4, -0.2) is 22.4 Å². The molecule has 0 fully saturated rings. The molecule has 5 nitrogen and oxygen atoms in total. The quantitative estimate of drug-likeness (QED) is 0.784. The first-order valence-corrected chi connectivity index (χ1v) is 8.79. The molecular weight excluding hydrogens is 324 g/mol. The lowest BCUT2D eigenvalue weighted by Gasteiger charge is -2.29. The van der Waals surface area contributed by atoms with Crippen LogP contribution in [-0.2, 0) is 13.0 Å². The Labute approximate surface area is 152 Å². The standard InChI is InChI=1S/C21H20N4O/c26-21(25-10-4-7-17-6-1-2-8-20(17)25)18-11-19(15-23-14-18)24-13-16-5-3-9-22-12-16/h1-3,5-6,8-9,11-12,14-15,24H,4,7,10,13H2. The fourth-order valence-corrected chi connectivity index (χ4v) is 3.26. The second-order valence-corrected chi connectivity index (χ2v) is 6.37. The minimum Gasteiger partial charge on any atom is -0.380 e. The molecule has 0 spiro atoms. The van der Waals surface area contributed by atoms with Crippen LogP contribution >= 0.6 is 0 Å². The number of nitrogens with one attached hydrogen (secondary N) is 1. The minimum atomic E-state index is -0.00493. The van der Waals surface area contributed by atoms with Crippen LogP contribution in [0.5, 0.6) is 0 Å². The van der Waals surface area contributed by atoms with Crippen LogP contribution in [0.2, 0.25) is 0 Å². The van der Waals surface area contributed by atoms with Crippen molar-refractivity contribution < 1.29 is 4.79 Å². The third kappa shape index (κ3) is 3.42. The van der Waals surface area contributed by atoms with Gasteiger partial charge in [0.25, 0.3) is 5.91 Å². The zero-order chi connectivity index (χ0) is 17.8. The van der Waals surface area contributed by atoms with Gasteiger partial charge in [-0.05, 0) is 42.2 Å². The van der Waals surface area contributed by atoms with Crippen molar-refractivity contribution in [3.05, 3.63) is 83.9 Å². The van der Waals surface area contributed by atoms with Crippen molar-refractivity contribution in [1.82, 2.24) is 9.97 Å². The molecule has 4 rings (SSSR count). The average molecular weight is 344 g/mol. The molecule has 130 valence electrons. The van der Waals surface area contributed by atoms with Crippen molar-refractivity contribution in [3.63, 3.8) is 0 Å². The molecule has 2 aromatic heterocycles. The Morgan fingerprint density at radius 3 is 2.88 bits per heavy atom. The maximum Gasteiger partial charge on any atom is 0.259 e. The molecule has 26 heavy (non-hydrogen) atoms. The molecule has 0 atom stereocenters. The molecule has 0 unspecified atom stereocenters. The second kappa shape index (κ2) is 7.35. The highest BCUT2D eigenvalue weighted by Crippen LogP contribution is 2.28. The van der Waals surface area contributed by atoms with Crippen molar-refractivity contribution >= 4 is 17.3 Å². The fraction of sp³-hybridized carbons (Fsp3) is 0.190. The van der Waals surface area contributed by atoms with Gasteiger partial charge in [-0.3, -0.25) is 14.8 Å². The number of benzene rings is 1. The number of hydrogen-bond acceptors (Lipinski definition) is 4. The number of anilines is 2. The molecule has 1 aromatic carbocycles. The van der Waals surface area contributed by atoms with Crippen molar-refractivity contribution in [2.75, 3.05) is 16.8 Å². The number of aromatic nitrogens is 2. The summed E-state index contributed by atoms with van der Waals surface area (Å²) in [6.45, 7) is 1.38. The lowest BCUT2D eigenvalue weighted by atomic mass is 10.0. The largest absolute Gasteiger partial charge is 0.380 e. The minimum absolute atomic E-state index is 0.00493. The normalized spacial score (nSPS) is 13.2. The summed E-state index contributed by atoms with van der Waals surface area (Å²) in [6, 6.07) is 13.9. The number of carbonyl (C=O) groups is 1.